The van der Waals surface area contributed by atoms with Crippen LogP contribution in [0.4, 0.5) is 0 Å². The summed E-state index contributed by atoms with van der Waals surface area (Å²) in [5.74, 6) is 3.92. The van der Waals surface area contributed by atoms with E-state index in [2.05, 4.69) is 15.5 Å². The van der Waals surface area contributed by atoms with Crippen molar-refractivity contribution in [3.63, 3.8) is 0 Å². The highest BCUT2D eigenvalue weighted by Gasteiger charge is 2.53. The molecule has 0 aliphatic heterocycles. The van der Waals surface area contributed by atoms with Crippen LogP contribution in [0.5, 0.6) is 0 Å². The van der Waals surface area contributed by atoms with Gasteiger partial charge in [-0.15, -0.1) is 5.10 Å². The van der Waals surface area contributed by atoms with Crippen molar-refractivity contribution < 1.29 is 0 Å². The normalized spacial score (nSPS) is 41.5. The van der Waals surface area contributed by atoms with Gasteiger partial charge in [0.1, 0.15) is 0 Å². The van der Waals surface area contributed by atoms with Gasteiger partial charge < -0.3 is 5.73 Å². The van der Waals surface area contributed by atoms with Crippen molar-refractivity contribution in [2.75, 3.05) is 6.54 Å². The van der Waals surface area contributed by atoms with Crippen molar-refractivity contribution in [2.45, 2.75) is 50.5 Å². The standard InChI is InChI=1S/C13H21N5/c14-1-2-18-12(15-16-17-18)13-6-9-3-10(7-13)5-11(4-9)8-13/h9-11H,1-8,14H2. The van der Waals surface area contributed by atoms with Gasteiger partial charge in [-0.25, -0.2) is 4.68 Å². The molecule has 4 bridgehead atoms. The molecule has 0 spiro atoms. The van der Waals surface area contributed by atoms with Crippen molar-refractivity contribution >= 4 is 0 Å². The summed E-state index contributed by atoms with van der Waals surface area (Å²) in [6.07, 6.45) is 8.30. The van der Waals surface area contributed by atoms with Crippen molar-refractivity contribution in [3.8, 4) is 0 Å². The summed E-state index contributed by atoms with van der Waals surface area (Å²) in [6, 6.07) is 0. The maximum Gasteiger partial charge on any atom is 0.157 e. The third-order valence-electron chi connectivity index (χ3n) is 5.39. The Bertz CT molecular complexity index is 417. The van der Waals surface area contributed by atoms with E-state index >= 15 is 0 Å². The number of hydrogen-bond donors (Lipinski definition) is 1. The molecule has 4 fully saturated rings. The van der Waals surface area contributed by atoms with Gasteiger partial charge in [0.15, 0.2) is 5.82 Å². The Morgan fingerprint density at radius 3 is 2.28 bits per heavy atom. The highest BCUT2D eigenvalue weighted by atomic mass is 15.5. The fourth-order valence-electron chi connectivity index (χ4n) is 5.24. The van der Waals surface area contributed by atoms with Crippen LogP contribution < -0.4 is 5.73 Å². The SMILES string of the molecule is NCCn1nnnc1C12CC3CC(CC(C3)C1)C2. The van der Waals surface area contributed by atoms with Crippen LogP contribution in [0, 0.1) is 17.8 Å². The second-order valence-electron chi connectivity index (χ2n) is 6.71. The molecular formula is C13H21N5. The highest BCUT2D eigenvalue weighted by Crippen LogP contribution is 2.60. The first-order valence-electron chi connectivity index (χ1n) is 7.26. The van der Waals surface area contributed by atoms with E-state index in [1.54, 1.807) is 0 Å². The zero-order valence-corrected chi connectivity index (χ0v) is 10.8. The van der Waals surface area contributed by atoms with Gasteiger partial charge in [-0.05, 0) is 66.7 Å². The topological polar surface area (TPSA) is 69.6 Å². The summed E-state index contributed by atoms with van der Waals surface area (Å²) in [6.45, 7) is 1.37. The minimum absolute atomic E-state index is 0.285. The molecule has 5 rings (SSSR count). The molecule has 4 aliphatic rings. The molecule has 1 aromatic heterocycles. The molecule has 4 saturated carbocycles. The number of nitrogens with two attached hydrogens (primary N) is 1. The molecule has 1 aromatic rings. The Balaban J connectivity index is 1.72. The summed E-state index contributed by atoms with van der Waals surface area (Å²) in [5.41, 5.74) is 5.95. The molecule has 0 radical (unpaired) electrons. The first-order valence-corrected chi connectivity index (χ1v) is 7.26. The monoisotopic (exact) mass is 247 g/mol. The molecule has 4 aliphatic carbocycles. The number of rotatable bonds is 3. The molecule has 18 heavy (non-hydrogen) atoms. The Labute approximate surface area is 107 Å². The van der Waals surface area contributed by atoms with E-state index in [0.29, 0.717) is 6.54 Å². The molecule has 0 atom stereocenters. The lowest BCUT2D eigenvalue weighted by Crippen LogP contribution is -2.50. The van der Waals surface area contributed by atoms with E-state index in [9.17, 15) is 0 Å². The van der Waals surface area contributed by atoms with Gasteiger partial charge in [-0.1, -0.05) is 0 Å². The third-order valence-corrected chi connectivity index (χ3v) is 5.39. The average Bonchev–Trinajstić information content (AvgIpc) is 2.76. The summed E-state index contributed by atoms with van der Waals surface area (Å²) < 4.78 is 1.97. The van der Waals surface area contributed by atoms with E-state index < -0.39 is 0 Å². The Hall–Kier alpha value is -0.970. The summed E-state index contributed by atoms with van der Waals surface area (Å²) in [5, 5.41) is 12.4. The fourth-order valence-corrected chi connectivity index (χ4v) is 5.24. The summed E-state index contributed by atoms with van der Waals surface area (Å²) in [4.78, 5) is 0. The molecule has 98 valence electrons. The Morgan fingerprint density at radius 1 is 1.11 bits per heavy atom. The second kappa shape index (κ2) is 3.76. The third kappa shape index (κ3) is 1.46. The maximum atomic E-state index is 5.66. The van der Waals surface area contributed by atoms with Crippen molar-refractivity contribution in [3.05, 3.63) is 5.82 Å². The van der Waals surface area contributed by atoms with E-state index in [-0.39, 0.29) is 5.41 Å². The van der Waals surface area contributed by atoms with Crippen LogP contribution in [0.25, 0.3) is 0 Å². The lowest BCUT2D eigenvalue weighted by molar-refractivity contribution is -0.0115. The van der Waals surface area contributed by atoms with E-state index in [0.717, 1.165) is 30.1 Å². The zero-order valence-electron chi connectivity index (χ0n) is 10.8. The minimum Gasteiger partial charge on any atom is -0.329 e. The van der Waals surface area contributed by atoms with Crippen LogP contribution >= 0.6 is 0 Å². The predicted molar refractivity (Wildman–Crippen MR) is 66.7 cm³/mol. The quantitative estimate of drug-likeness (QED) is 0.868. The molecule has 0 saturated heterocycles. The van der Waals surface area contributed by atoms with Gasteiger partial charge in [0.2, 0.25) is 0 Å². The first-order chi connectivity index (χ1) is 8.79. The molecule has 0 aromatic carbocycles. The van der Waals surface area contributed by atoms with Crippen molar-refractivity contribution in [1.29, 1.82) is 0 Å². The number of aromatic nitrogens is 4. The summed E-state index contributed by atoms with van der Waals surface area (Å²) >= 11 is 0. The van der Waals surface area contributed by atoms with Gasteiger partial charge >= 0.3 is 0 Å². The van der Waals surface area contributed by atoms with Crippen LogP contribution in [0.15, 0.2) is 0 Å². The van der Waals surface area contributed by atoms with E-state index in [1.165, 1.54) is 38.5 Å². The van der Waals surface area contributed by atoms with Gasteiger partial charge in [0.05, 0.1) is 6.54 Å². The van der Waals surface area contributed by atoms with E-state index in [4.69, 9.17) is 5.73 Å². The van der Waals surface area contributed by atoms with Gasteiger partial charge in [-0.2, -0.15) is 0 Å². The Kier molecular flexibility index (Phi) is 2.28. The smallest absolute Gasteiger partial charge is 0.157 e. The molecule has 2 N–H and O–H groups in total. The van der Waals surface area contributed by atoms with Gasteiger partial charge in [0.25, 0.3) is 0 Å². The van der Waals surface area contributed by atoms with Gasteiger partial charge in [0, 0.05) is 12.0 Å². The van der Waals surface area contributed by atoms with Crippen LogP contribution in [0.3, 0.4) is 0 Å². The second-order valence-corrected chi connectivity index (χ2v) is 6.71. The number of hydrogen-bond acceptors (Lipinski definition) is 4. The van der Waals surface area contributed by atoms with Crippen molar-refractivity contribution in [1.82, 2.24) is 20.2 Å². The minimum atomic E-state index is 0.285. The zero-order chi connectivity index (χ0) is 12.2. The molecule has 5 nitrogen and oxygen atoms in total. The Morgan fingerprint density at radius 2 is 1.72 bits per heavy atom. The van der Waals surface area contributed by atoms with Crippen LogP contribution in [0.2, 0.25) is 0 Å². The largest absolute Gasteiger partial charge is 0.329 e. The van der Waals surface area contributed by atoms with E-state index in [1.807, 2.05) is 4.68 Å². The number of nitrogens with zero attached hydrogens (tertiary/aromatic N) is 4. The molecular weight excluding hydrogens is 226 g/mol. The van der Waals surface area contributed by atoms with Gasteiger partial charge in [-0.3, -0.25) is 0 Å². The average molecular weight is 247 g/mol. The van der Waals surface area contributed by atoms with Crippen LogP contribution in [-0.4, -0.2) is 26.8 Å². The maximum absolute atomic E-state index is 5.66. The van der Waals surface area contributed by atoms with Crippen LogP contribution in [-0.2, 0) is 12.0 Å². The first kappa shape index (κ1) is 10.9. The highest BCUT2D eigenvalue weighted by molar-refractivity contribution is 5.16. The fraction of sp³-hybridized carbons (Fsp3) is 0.923. The number of tetrazole rings is 1. The summed E-state index contributed by atoms with van der Waals surface area (Å²) in [7, 11) is 0. The lowest BCUT2D eigenvalue weighted by Gasteiger charge is -2.55. The van der Waals surface area contributed by atoms with Crippen molar-refractivity contribution in [2.24, 2.45) is 23.5 Å². The molecule has 5 heteroatoms. The molecule has 0 amide bonds. The predicted octanol–water partition coefficient (Wildman–Crippen LogP) is 1.10. The van der Waals surface area contributed by atoms with Crippen LogP contribution in [0.1, 0.15) is 44.3 Å². The molecule has 0 unspecified atom stereocenters. The lowest BCUT2D eigenvalue weighted by atomic mass is 9.49. The molecule has 1 heterocycles.